The number of rotatable bonds is 1. The minimum absolute atomic E-state index is 0. The van der Waals surface area contributed by atoms with Crippen molar-refractivity contribution < 1.29 is 0 Å². The fraction of sp³-hybridized carbons (Fsp3) is 0.200. The molecule has 0 amide bonds. The van der Waals surface area contributed by atoms with Crippen LogP contribution >= 0.6 is 36.0 Å². The summed E-state index contributed by atoms with van der Waals surface area (Å²) in [5, 5.41) is 5.69. The van der Waals surface area contributed by atoms with E-state index in [2.05, 4.69) is 22.5 Å². The van der Waals surface area contributed by atoms with Gasteiger partial charge < -0.3 is 11.1 Å². The number of hydrogen-bond acceptors (Lipinski definition) is 3. The fourth-order valence-corrected chi connectivity index (χ4v) is 1.38. The van der Waals surface area contributed by atoms with E-state index >= 15 is 0 Å². The first-order chi connectivity index (χ1) is 4.68. The second kappa shape index (κ2) is 4.48. The maximum Gasteiger partial charge on any atom is 0.189 e. The second-order valence-electron chi connectivity index (χ2n) is 1.78. The quantitative estimate of drug-likeness (QED) is 0.689. The summed E-state index contributed by atoms with van der Waals surface area (Å²) in [7, 11) is 0. The zero-order chi connectivity index (χ0) is 7.56. The molecule has 0 aliphatic heterocycles. The SMILES string of the molecule is Cc1csc(NC(N)=S)n1.Cl. The van der Waals surface area contributed by atoms with Crippen LogP contribution in [0.4, 0.5) is 5.13 Å². The van der Waals surface area contributed by atoms with Crippen LogP contribution in [-0.4, -0.2) is 10.1 Å². The van der Waals surface area contributed by atoms with E-state index in [9.17, 15) is 0 Å². The molecule has 1 aromatic rings. The molecule has 0 aliphatic carbocycles. The molecule has 1 rings (SSSR count). The Morgan fingerprint density at radius 3 is 2.82 bits per heavy atom. The van der Waals surface area contributed by atoms with Crippen LogP contribution in [-0.2, 0) is 0 Å². The van der Waals surface area contributed by atoms with Gasteiger partial charge in [0.25, 0.3) is 0 Å². The summed E-state index contributed by atoms with van der Waals surface area (Å²) in [6, 6.07) is 0. The van der Waals surface area contributed by atoms with Gasteiger partial charge in [-0.1, -0.05) is 0 Å². The summed E-state index contributed by atoms with van der Waals surface area (Å²) in [5.74, 6) is 0. The molecule has 0 aliphatic rings. The molecular formula is C5H8ClN3S2. The molecule has 0 spiro atoms. The van der Waals surface area contributed by atoms with E-state index in [1.807, 2.05) is 12.3 Å². The summed E-state index contributed by atoms with van der Waals surface area (Å²) >= 11 is 6.11. The Hall–Kier alpha value is -0.390. The molecular weight excluding hydrogens is 202 g/mol. The summed E-state index contributed by atoms with van der Waals surface area (Å²) in [6.07, 6.45) is 0. The third-order valence-electron chi connectivity index (χ3n) is 0.849. The van der Waals surface area contributed by atoms with Gasteiger partial charge in [0.05, 0.1) is 5.69 Å². The number of nitrogens with one attached hydrogen (secondary N) is 1. The van der Waals surface area contributed by atoms with Crippen molar-refractivity contribution in [3.63, 3.8) is 0 Å². The standard InChI is InChI=1S/C5H7N3S2.ClH/c1-3-2-10-5(7-3)8-4(6)9;/h2H,1H3,(H3,6,7,8,9);1H. The highest BCUT2D eigenvalue weighted by molar-refractivity contribution is 7.80. The van der Waals surface area contributed by atoms with Crippen LogP contribution in [0.2, 0.25) is 0 Å². The molecule has 6 heteroatoms. The Labute approximate surface area is 80.4 Å². The zero-order valence-electron chi connectivity index (χ0n) is 5.83. The van der Waals surface area contributed by atoms with Crippen molar-refractivity contribution in [1.29, 1.82) is 0 Å². The van der Waals surface area contributed by atoms with Crippen LogP contribution in [0.1, 0.15) is 5.69 Å². The lowest BCUT2D eigenvalue weighted by molar-refractivity contribution is 1.27. The van der Waals surface area contributed by atoms with Crippen LogP contribution in [0.25, 0.3) is 0 Å². The summed E-state index contributed by atoms with van der Waals surface area (Å²) in [4.78, 5) is 4.09. The summed E-state index contributed by atoms with van der Waals surface area (Å²) < 4.78 is 0. The molecule has 0 radical (unpaired) electrons. The smallest absolute Gasteiger partial charge is 0.189 e. The van der Waals surface area contributed by atoms with E-state index in [0.717, 1.165) is 10.8 Å². The van der Waals surface area contributed by atoms with E-state index in [-0.39, 0.29) is 17.5 Å². The highest BCUT2D eigenvalue weighted by Crippen LogP contribution is 2.13. The highest BCUT2D eigenvalue weighted by atomic mass is 35.5. The molecule has 1 heterocycles. The van der Waals surface area contributed by atoms with E-state index in [4.69, 9.17) is 5.73 Å². The summed E-state index contributed by atoms with van der Waals surface area (Å²) in [6.45, 7) is 1.92. The maximum absolute atomic E-state index is 5.22. The van der Waals surface area contributed by atoms with Gasteiger partial charge >= 0.3 is 0 Å². The Morgan fingerprint density at radius 1 is 1.82 bits per heavy atom. The predicted molar refractivity (Wildman–Crippen MR) is 54.5 cm³/mol. The summed E-state index contributed by atoms with van der Waals surface area (Å²) in [5.41, 5.74) is 6.20. The van der Waals surface area contributed by atoms with Crippen molar-refractivity contribution >= 4 is 46.2 Å². The van der Waals surface area contributed by atoms with Gasteiger partial charge in [0.2, 0.25) is 0 Å². The molecule has 0 saturated heterocycles. The second-order valence-corrected chi connectivity index (χ2v) is 3.08. The van der Waals surface area contributed by atoms with Crippen LogP contribution in [0.15, 0.2) is 5.38 Å². The van der Waals surface area contributed by atoms with Gasteiger partial charge in [-0.05, 0) is 19.1 Å². The maximum atomic E-state index is 5.22. The van der Waals surface area contributed by atoms with E-state index < -0.39 is 0 Å². The first kappa shape index (κ1) is 10.6. The molecule has 0 unspecified atom stereocenters. The minimum Gasteiger partial charge on any atom is -0.376 e. The number of hydrogen-bond donors (Lipinski definition) is 2. The predicted octanol–water partition coefficient (Wildman–Crippen LogP) is 1.53. The number of thiazole rings is 1. The van der Waals surface area contributed by atoms with Gasteiger partial charge in [-0.3, -0.25) is 0 Å². The van der Waals surface area contributed by atoms with Gasteiger partial charge in [-0.2, -0.15) is 0 Å². The lowest BCUT2D eigenvalue weighted by Crippen LogP contribution is -2.18. The number of aryl methyl sites for hydroxylation is 1. The number of halogens is 1. The molecule has 0 saturated carbocycles. The van der Waals surface area contributed by atoms with Crippen molar-refractivity contribution in [2.75, 3.05) is 5.32 Å². The Kier molecular flexibility index (Phi) is 4.32. The molecule has 11 heavy (non-hydrogen) atoms. The fourth-order valence-electron chi connectivity index (χ4n) is 0.517. The topological polar surface area (TPSA) is 50.9 Å². The lowest BCUT2D eigenvalue weighted by Gasteiger charge is -1.94. The third kappa shape index (κ3) is 3.50. The molecule has 0 atom stereocenters. The van der Waals surface area contributed by atoms with Crippen molar-refractivity contribution in [3.8, 4) is 0 Å². The number of thiocarbonyl (C=S) groups is 1. The highest BCUT2D eigenvalue weighted by Gasteiger charge is 1.96. The molecule has 0 fully saturated rings. The molecule has 1 aromatic heterocycles. The molecule has 0 aromatic carbocycles. The van der Waals surface area contributed by atoms with E-state index in [1.54, 1.807) is 0 Å². The zero-order valence-corrected chi connectivity index (χ0v) is 8.28. The van der Waals surface area contributed by atoms with Crippen molar-refractivity contribution in [2.45, 2.75) is 6.92 Å². The number of nitrogens with zero attached hydrogens (tertiary/aromatic N) is 1. The third-order valence-corrected chi connectivity index (χ3v) is 1.83. The lowest BCUT2D eigenvalue weighted by atomic mass is 10.6. The number of anilines is 1. The van der Waals surface area contributed by atoms with Crippen molar-refractivity contribution in [3.05, 3.63) is 11.1 Å². The van der Waals surface area contributed by atoms with Gasteiger partial charge in [-0.15, -0.1) is 23.7 Å². The number of nitrogens with two attached hydrogens (primary N) is 1. The van der Waals surface area contributed by atoms with Gasteiger partial charge in [-0.25, -0.2) is 4.98 Å². The largest absolute Gasteiger partial charge is 0.376 e. The van der Waals surface area contributed by atoms with E-state index in [0.29, 0.717) is 0 Å². The first-order valence-electron chi connectivity index (χ1n) is 2.67. The molecule has 3 N–H and O–H groups in total. The first-order valence-corrected chi connectivity index (χ1v) is 3.96. The average molecular weight is 210 g/mol. The van der Waals surface area contributed by atoms with Gasteiger partial charge in [0.15, 0.2) is 10.2 Å². The molecule has 0 bridgehead atoms. The van der Waals surface area contributed by atoms with Crippen LogP contribution in [0.5, 0.6) is 0 Å². The average Bonchev–Trinajstić information content (AvgIpc) is 2.13. The van der Waals surface area contributed by atoms with Gasteiger partial charge in [0.1, 0.15) is 0 Å². The Morgan fingerprint density at radius 2 is 2.45 bits per heavy atom. The minimum atomic E-state index is 0. The van der Waals surface area contributed by atoms with Crippen LogP contribution < -0.4 is 11.1 Å². The normalized spacial score (nSPS) is 8.45. The Balaban J connectivity index is 0.000001000. The van der Waals surface area contributed by atoms with Gasteiger partial charge in [0, 0.05) is 5.38 Å². The Bertz CT molecular complexity index is 248. The van der Waals surface area contributed by atoms with Crippen LogP contribution in [0, 0.1) is 6.92 Å². The van der Waals surface area contributed by atoms with E-state index in [1.165, 1.54) is 11.3 Å². The van der Waals surface area contributed by atoms with Crippen molar-refractivity contribution in [2.24, 2.45) is 5.73 Å². The number of aromatic nitrogens is 1. The monoisotopic (exact) mass is 209 g/mol. The molecule has 3 nitrogen and oxygen atoms in total. The molecule has 62 valence electrons. The van der Waals surface area contributed by atoms with Crippen LogP contribution in [0.3, 0.4) is 0 Å². The van der Waals surface area contributed by atoms with Crippen molar-refractivity contribution in [1.82, 2.24) is 4.98 Å².